The molecule has 1 heterocycles. The molecule has 0 spiro atoms. The number of allylic oxidation sites excluding steroid dienone is 1. The molecule has 2 nitrogen and oxygen atoms in total. The van der Waals surface area contributed by atoms with Crippen LogP contribution in [0.1, 0.15) is 16.1 Å². The summed E-state index contributed by atoms with van der Waals surface area (Å²) in [6, 6.07) is 19.1. The molecule has 0 saturated carbocycles. The van der Waals surface area contributed by atoms with Crippen LogP contribution in [0.2, 0.25) is 0 Å². The molecule has 0 radical (unpaired) electrons. The second-order valence-corrected chi connectivity index (χ2v) is 4.26. The Hall–Kier alpha value is -2.61. The van der Waals surface area contributed by atoms with E-state index < -0.39 is 0 Å². The molecule has 0 aliphatic heterocycles. The van der Waals surface area contributed by atoms with E-state index in [-0.39, 0.29) is 5.78 Å². The van der Waals surface area contributed by atoms with Gasteiger partial charge in [-0.3, -0.25) is 4.79 Å². The highest BCUT2D eigenvalue weighted by atomic mass is 16.3. The van der Waals surface area contributed by atoms with Crippen molar-refractivity contribution in [3.05, 3.63) is 78.1 Å². The van der Waals surface area contributed by atoms with Crippen LogP contribution in [0.25, 0.3) is 17.0 Å². The minimum atomic E-state index is -0.125. The third kappa shape index (κ3) is 2.47. The molecule has 2 heteroatoms. The van der Waals surface area contributed by atoms with E-state index in [9.17, 15) is 4.79 Å². The Bertz CT molecular complexity index is 703. The fourth-order valence-corrected chi connectivity index (χ4v) is 1.92. The van der Waals surface area contributed by atoms with Gasteiger partial charge in [0.25, 0.3) is 0 Å². The maximum atomic E-state index is 12.0. The minimum absolute atomic E-state index is 0.125. The van der Waals surface area contributed by atoms with Crippen molar-refractivity contribution in [1.29, 1.82) is 0 Å². The molecule has 92 valence electrons. The molecule has 3 aromatic rings. The number of hydrogen-bond donors (Lipinski definition) is 0. The number of carbonyl (C=O) groups excluding carboxylic acids is 1. The van der Waals surface area contributed by atoms with Crippen molar-refractivity contribution >= 4 is 22.8 Å². The quantitative estimate of drug-likeness (QED) is 0.510. The van der Waals surface area contributed by atoms with Crippen molar-refractivity contribution in [2.75, 3.05) is 0 Å². The molecule has 0 atom stereocenters. The molecule has 0 aliphatic rings. The molecule has 1 aromatic heterocycles. The Morgan fingerprint density at radius 2 is 1.68 bits per heavy atom. The van der Waals surface area contributed by atoms with Crippen LogP contribution in [0.3, 0.4) is 0 Å². The monoisotopic (exact) mass is 248 g/mol. The van der Waals surface area contributed by atoms with Crippen LogP contribution in [-0.4, -0.2) is 5.78 Å². The zero-order valence-corrected chi connectivity index (χ0v) is 10.2. The van der Waals surface area contributed by atoms with Crippen LogP contribution in [0.4, 0.5) is 0 Å². The van der Waals surface area contributed by atoms with E-state index in [1.807, 2.05) is 54.6 Å². The predicted molar refractivity (Wildman–Crippen MR) is 76.0 cm³/mol. The number of benzene rings is 2. The number of hydrogen-bond acceptors (Lipinski definition) is 2. The Labute approximate surface area is 111 Å². The van der Waals surface area contributed by atoms with E-state index in [4.69, 9.17) is 4.42 Å². The van der Waals surface area contributed by atoms with Crippen LogP contribution in [0.5, 0.6) is 0 Å². The van der Waals surface area contributed by atoms with E-state index in [1.54, 1.807) is 12.1 Å². The second-order valence-electron chi connectivity index (χ2n) is 4.26. The van der Waals surface area contributed by atoms with Crippen molar-refractivity contribution in [3.63, 3.8) is 0 Å². The fraction of sp³-hybridized carbons (Fsp3) is 0. The van der Waals surface area contributed by atoms with Crippen LogP contribution < -0.4 is 0 Å². The summed E-state index contributed by atoms with van der Waals surface area (Å²) in [5.41, 5.74) is 1.73. The van der Waals surface area contributed by atoms with Crippen LogP contribution in [0.15, 0.2) is 71.2 Å². The smallest absolute Gasteiger partial charge is 0.221 e. The maximum Gasteiger partial charge on any atom is 0.221 e. The molecular formula is C17H12O2. The molecule has 0 N–H and O–H groups in total. The van der Waals surface area contributed by atoms with E-state index in [0.717, 1.165) is 16.5 Å². The Kier molecular flexibility index (Phi) is 2.99. The van der Waals surface area contributed by atoms with E-state index in [2.05, 4.69) is 0 Å². The lowest BCUT2D eigenvalue weighted by atomic mass is 10.2. The summed E-state index contributed by atoms with van der Waals surface area (Å²) in [7, 11) is 0. The number of ketones is 1. The van der Waals surface area contributed by atoms with Gasteiger partial charge in [0, 0.05) is 5.39 Å². The zero-order chi connectivity index (χ0) is 13.1. The summed E-state index contributed by atoms with van der Waals surface area (Å²) in [5.74, 6) is 0.244. The van der Waals surface area contributed by atoms with Gasteiger partial charge < -0.3 is 4.42 Å². The largest absolute Gasteiger partial charge is 0.453 e. The number of rotatable bonds is 3. The van der Waals surface area contributed by atoms with Crippen molar-refractivity contribution in [2.45, 2.75) is 0 Å². The lowest BCUT2D eigenvalue weighted by Gasteiger charge is -1.91. The van der Waals surface area contributed by atoms with Gasteiger partial charge in [-0.2, -0.15) is 0 Å². The van der Waals surface area contributed by atoms with Crippen LogP contribution >= 0.6 is 0 Å². The van der Waals surface area contributed by atoms with Gasteiger partial charge >= 0.3 is 0 Å². The lowest BCUT2D eigenvalue weighted by molar-refractivity contribution is 0.102. The molecule has 0 aliphatic carbocycles. The van der Waals surface area contributed by atoms with E-state index in [1.165, 1.54) is 6.08 Å². The number of para-hydroxylation sites is 1. The van der Waals surface area contributed by atoms with Crippen molar-refractivity contribution in [3.8, 4) is 0 Å². The number of fused-ring (bicyclic) bond motifs is 1. The lowest BCUT2D eigenvalue weighted by Crippen LogP contribution is -1.90. The van der Waals surface area contributed by atoms with E-state index >= 15 is 0 Å². The maximum absolute atomic E-state index is 12.0. The Balaban J connectivity index is 1.86. The summed E-state index contributed by atoms with van der Waals surface area (Å²) in [4.78, 5) is 12.0. The van der Waals surface area contributed by atoms with Gasteiger partial charge in [-0.15, -0.1) is 0 Å². The van der Waals surface area contributed by atoms with E-state index in [0.29, 0.717) is 5.76 Å². The first-order valence-corrected chi connectivity index (χ1v) is 6.09. The zero-order valence-electron chi connectivity index (χ0n) is 10.2. The third-order valence-corrected chi connectivity index (χ3v) is 2.90. The molecule has 3 rings (SSSR count). The normalized spacial score (nSPS) is 11.2. The molecule has 0 amide bonds. The third-order valence-electron chi connectivity index (χ3n) is 2.90. The van der Waals surface area contributed by atoms with Gasteiger partial charge in [0.2, 0.25) is 5.78 Å². The molecule has 0 bridgehead atoms. The fourth-order valence-electron chi connectivity index (χ4n) is 1.92. The van der Waals surface area contributed by atoms with Crippen molar-refractivity contribution in [1.82, 2.24) is 0 Å². The van der Waals surface area contributed by atoms with Gasteiger partial charge in [0.1, 0.15) is 5.58 Å². The van der Waals surface area contributed by atoms with Crippen molar-refractivity contribution in [2.24, 2.45) is 0 Å². The van der Waals surface area contributed by atoms with Gasteiger partial charge in [-0.05, 0) is 23.8 Å². The first kappa shape index (κ1) is 11.5. The Morgan fingerprint density at radius 1 is 0.947 bits per heavy atom. The average Bonchev–Trinajstić information content (AvgIpc) is 2.90. The minimum Gasteiger partial charge on any atom is -0.453 e. The van der Waals surface area contributed by atoms with Gasteiger partial charge in [-0.25, -0.2) is 0 Å². The second kappa shape index (κ2) is 4.94. The summed E-state index contributed by atoms with van der Waals surface area (Å²) >= 11 is 0. The summed E-state index contributed by atoms with van der Waals surface area (Å²) < 4.78 is 5.52. The molecule has 19 heavy (non-hydrogen) atoms. The van der Waals surface area contributed by atoms with Gasteiger partial charge in [0.15, 0.2) is 5.76 Å². The number of carbonyl (C=O) groups is 1. The van der Waals surface area contributed by atoms with Crippen molar-refractivity contribution < 1.29 is 9.21 Å². The Morgan fingerprint density at radius 3 is 2.47 bits per heavy atom. The molecule has 0 unspecified atom stereocenters. The highest BCUT2D eigenvalue weighted by Crippen LogP contribution is 2.19. The van der Waals surface area contributed by atoms with Crippen LogP contribution in [-0.2, 0) is 0 Å². The molecule has 2 aromatic carbocycles. The SMILES string of the molecule is O=C(/C=C/c1ccccc1)c1cc2ccccc2o1. The average molecular weight is 248 g/mol. The van der Waals surface area contributed by atoms with Gasteiger partial charge in [-0.1, -0.05) is 54.6 Å². The first-order valence-electron chi connectivity index (χ1n) is 6.09. The highest BCUT2D eigenvalue weighted by Gasteiger charge is 2.08. The molecular weight excluding hydrogens is 236 g/mol. The summed E-state index contributed by atoms with van der Waals surface area (Å²) in [6.45, 7) is 0. The molecule has 0 saturated heterocycles. The summed E-state index contributed by atoms with van der Waals surface area (Å²) in [6.07, 6.45) is 3.32. The van der Waals surface area contributed by atoms with Crippen LogP contribution in [0, 0.1) is 0 Å². The predicted octanol–water partition coefficient (Wildman–Crippen LogP) is 4.33. The highest BCUT2D eigenvalue weighted by molar-refractivity contribution is 6.06. The van der Waals surface area contributed by atoms with Gasteiger partial charge in [0.05, 0.1) is 0 Å². The topological polar surface area (TPSA) is 30.2 Å². The summed E-state index contributed by atoms with van der Waals surface area (Å²) in [5, 5.41) is 0.943. The molecule has 0 fully saturated rings. The first-order chi connectivity index (χ1) is 9.33. The standard InChI is InChI=1S/C17H12O2/c18-15(11-10-13-6-2-1-3-7-13)17-12-14-8-4-5-9-16(14)19-17/h1-12H/b11-10+. The number of furan rings is 1.